The molecule has 2 atom stereocenters. The lowest BCUT2D eigenvalue weighted by Gasteiger charge is -2.17. The second-order valence-corrected chi connectivity index (χ2v) is 6.08. The van der Waals surface area contributed by atoms with Gasteiger partial charge in [-0.25, -0.2) is 4.98 Å². The fraction of sp³-hybridized carbons (Fsp3) is 0.769. The average molecular weight is 253 g/mol. The minimum Gasteiger partial charge on any atom is -0.314 e. The van der Waals surface area contributed by atoms with Gasteiger partial charge in [-0.3, -0.25) is 0 Å². The Bertz CT molecular complexity index is 331. The molecule has 1 aromatic heterocycles. The van der Waals surface area contributed by atoms with Crippen LogP contribution in [0.1, 0.15) is 43.0 Å². The number of hydrogen-bond donors (Lipinski definition) is 2. The van der Waals surface area contributed by atoms with Gasteiger partial charge < -0.3 is 10.6 Å². The van der Waals surface area contributed by atoms with Gasteiger partial charge in [-0.1, -0.05) is 6.92 Å². The highest BCUT2D eigenvalue weighted by Crippen LogP contribution is 2.14. The van der Waals surface area contributed by atoms with E-state index in [-0.39, 0.29) is 0 Å². The zero-order valence-corrected chi connectivity index (χ0v) is 11.6. The van der Waals surface area contributed by atoms with Crippen LogP contribution in [0.5, 0.6) is 0 Å². The summed E-state index contributed by atoms with van der Waals surface area (Å²) in [7, 11) is 0. The quantitative estimate of drug-likeness (QED) is 0.817. The van der Waals surface area contributed by atoms with Gasteiger partial charge in [-0.15, -0.1) is 11.3 Å². The Morgan fingerprint density at radius 3 is 3.18 bits per heavy atom. The van der Waals surface area contributed by atoms with Crippen molar-refractivity contribution in [3.63, 3.8) is 0 Å². The van der Waals surface area contributed by atoms with Crippen molar-refractivity contribution < 1.29 is 0 Å². The molecule has 1 saturated heterocycles. The third-order valence-electron chi connectivity index (χ3n) is 3.35. The number of aryl methyl sites for hydroxylation is 1. The Labute approximate surface area is 108 Å². The molecule has 96 valence electrons. The number of nitrogens with one attached hydrogen (secondary N) is 2. The summed E-state index contributed by atoms with van der Waals surface area (Å²) in [5, 5.41) is 8.33. The predicted molar refractivity (Wildman–Crippen MR) is 73.4 cm³/mol. The van der Waals surface area contributed by atoms with Gasteiger partial charge in [0.1, 0.15) is 5.01 Å². The summed E-state index contributed by atoms with van der Waals surface area (Å²) in [4.78, 5) is 5.81. The minimum absolute atomic E-state index is 0.569. The molecule has 2 heterocycles. The first kappa shape index (κ1) is 13.0. The van der Waals surface area contributed by atoms with Crippen molar-refractivity contribution >= 4 is 11.3 Å². The van der Waals surface area contributed by atoms with Crippen LogP contribution in [0.15, 0.2) is 6.20 Å². The van der Waals surface area contributed by atoms with Gasteiger partial charge in [0.25, 0.3) is 0 Å². The van der Waals surface area contributed by atoms with Crippen LogP contribution in [0, 0.1) is 0 Å². The lowest BCUT2D eigenvalue weighted by atomic mass is 10.1. The minimum atomic E-state index is 0.569. The summed E-state index contributed by atoms with van der Waals surface area (Å²) < 4.78 is 0. The summed E-state index contributed by atoms with van der Waals surface area (Å²) >= 11 is 1.83. The smallest absolute Gasteiger partial charge is 0.107 e. The first-order valence-electron chi connectivity index (χ1n) is 6.68. The molecule has 0 amide bonds. The molecule has 0 radical (unpaired) electrons. The van der Waals surface area contributed by atoms with E-state index in [9.17, 15) is 0 Å². The largest absolute Gasteiger partial charge is 0.314 e. The van der Waals surface area contributed by atoms with Crippen LogP contribution < -0.4 is 10.6 Å². The van der Waals surface area contributed by atoms with Crippen LogP contribution in [-0.4, -0.2) is 23.6 Å². The standard InChI is InChI=1S/C13H23N3S/c1-3-12-8-16-13(17-12)9-15-10(2)7-11-5-4-6-14-11/h8,10-11,14-15H,3-7,9H2,1-2H3. The van der Waals surface area contributed by atoms with E-state index >= 15 is 0 Å². The van der Waals surface area contributed by atoms with E-state index in [2.05, 4.69) is 29.5 Å². The fourth-order valence-electron chi connectivity index (χ4n) is 2.32. The average Bonchev–Trinajstić information content (AvgIpc) is 2.96. The number of thiazole rings is 1. The van der Waals surface area contributed by atoms with E-state index < -0.39 is 0 Å². The highest BCUT2D eigenvalue weighted by atomic mass is 32.1. The van der Waals surface area contributed by atoms with E-state index in [4.69, 9.17) is 0 Å². The molecule has 3 nitrogen and oxygen atoms in total. The van der Waals surface area contributed by atoms with Crippen molar-refractivity contribution in [2.45, 2.75) is 58.2 Å². The summed E-state index contributed by atoms with van der Waals surface area (Å²) in [5.74, 6) is 0. The molecule has 0 bridgehead atoms. The van der Waals surface area contributed by atoms with Gasteiger partial charge in [-0.2, -0.15) is 0 Å². The highest BCUT2D eigenvalue weighted by Gasteiger charge is 2.16. The Morgan fingerprint density at radius 2 is 2.53 bits per heavy atom. The van der Waals surface area contributed by atoms with Gasteiger partial charge in [0, 0.05) is 29.7 Å². The fourth-order valence-corrected chi connectivity index (χ4v) is 3.14. The van der Waals surface area contributed by atoms with Crippen LogP contribution in [0.3, 0.4) is 0 Å². The van der Waals surface area contributed by atoms with E-state index in [1.165, 1.54) is 35.7 Å². The normalized spacial score (nSPS) is 21.9. The summed E-state index contributed by atoms with van der Waals surface area (Å²) in [6.07, 6.45) is 7.00. The Hall–Kier alpha value is -0.450. The van der Waals surface area contributed by atoms with Gasteiger partial charge in [0.2, 0.25) is 0 Å². The van der Waals surface area contributed by atoms with Crippen LogP contribution in [0.4, 0.5) is 0 Å². The SMILES string of the molecule is CCc1cnc(CNC(C)CC2CCCN2)s1. The number of aromatic nitrogens is 1. The zero-order valence-electron chi connectivity index (χ0n) is 10.8. The van der Waals surface area contributed by atoms with E-state index in [0.717, 1.165) is 19.0 Å². The van der Waals surface area contributed by atoms with Crippen molar-refractivity contribution in [1.82, 2.24) is 15.6 Å². The molecule has 1 fully saturated rings. The van der Waals surface area contributed by atoms with Crippen molar-refractivity contribution in [2.75, 3.05) is 6.54 Å². The number of hydrogen-bond acceptors (Lipinski definition) is 4. The first-order chi connectivity index (χ1) is 8.28. The third-order valence-corrected chi connectivity index (χ3v) is 4.49. The van der Waals surface area contributed by atoms with E-state index in [0.29, 0.717) is 6.04 Å². The van der Waals surface area contributed by atoms with Crippen LogP contribution in [0.25, 0.3) is 0 Å². The lowest BCUT2D eigenvalue weighted by Crippen LogP contribution is -2.33. The van der Waals surface area contributed by atoms with Gasteiger partial charge in [0.05, 0.1) is 0 Å². The monoisotopic (exact) mass is 253 g/mol. The molecular formula is C13H23N3S. The summed E-state index contributed by atoms with van der Waals surface area (Å²) in [5.41, 5.74) is 0. The van der Waals surface area contributed by atoms with Crippen LogP contribution in [0.2, 0.25) is 0 Å². The lowest BCUT2D eigenvalue weighted by molar-refractivity contribution is 0.439. The van der Waals surface area contributed by atoms with Gasteiger partial charge in [0.15, 0.2) is 0 Å². The molecule has 2 unspecified atom stereocenters. The van der Waals surface area contributed by atoms with Crippen molar-refractivity contribution in [1.29, 1.82) is 0 Å². The molecule has 0 aliphatic carbocycles. The molecule has 0 spiro atoms. The summed E-state index contributed by atoms with van der Waals surface area (Å²) in [6.45, 7) is 6.57. The van der Waals surface area contributed by atoms with Crippen LogP contribution in [-0.2, 0) is 13.0 Å². The van der Waals surface area contributed by atoms with E-state index in [1.54, 1.807) is 0 Å². The topological polar surface area (TPSA) is 37.0 Å². The maximum atomic E-state index is 4.43. The molecule has 1 aliphatic rings. The molecule has 0 saturated carbocycles. The van der Waals surface area contributed by atoms with Crippen LogP contribution >= 0.6 is 11.3 Å². The molecule has 1 aliphatic heterocycles. The Balaban J connectivity index is 1.69. The third kappa shape index (κ3) is 4.05. The molecule has 0 aromatic carbocycles. The van der Waals surface area contributed by atoms with Crippen molar-refractivity contribution in [2.24, 2.45) is 0 Å². The molecule has 2 rings (SSSR count). The Kier molecular flexibility index (Phi) is 4.95. The van der Waals surface area contributed by atoms with Crippen molar-refractivity contribution in [3.8, 4) is 0 Å². The predicted octanol–water partition coefficient (Wildman–Crippen LogP) is 2.33. The van der Waals surface area contributed by atoms with Gasteiger partial charge >= 0.3 is 0 Å². The number of nitrogens with zero attached hydrogens (tertiary/aromatic N) is 1. The molecule has 1 aromatic rings. The maximum absolute atomic E-state index is 4.43. The number of rotatable bonds is 6. The second kappa shape index (κ2) is 6.47. The maximum Gasteiger partial charge on any atom is 0.107 e. The molecule has 4 heteroatoms. The Morgan fingerprint density at radius 1 is 1.65 bits per heavy atom. The zero-order chi connectivity index (χ0) is 12.1. The van der Waals surface area contributed by atoms with E-state index in [1.807, 2.05) is 17.5 Å². The summed E-state index contributed by atoms with van der Waals surface area (Å²) in [6, 6.07) is 1.29. The molecule has 2 N–H and O–H groups in total. The van der Waals surface area contributed by atoms with Gasteiger partial charge in [-0.05, 0) is 39.2 Å². The molecule has 17 heavy (non-hydrogen) atoms. The highest BCUT2D eigenvalue weighted by molar-refractivity contribution is 7.11. The second-order valence-electron chi connectivity index (χ2n) is 4.88. The molecular weight excluding hydrogens is 230 g/mol. The first-order valence-corrected chi connectivity index (χ1v) is 7.50. The van der Waals surface area contributed by atoms with Crippen molar-refractivity contribution in [3.05, 3.63) is 16.1 Å².